The number of aromatic nitrogens is 2. The van der Waals surface area contributed by atoms with Gasteiger partial charge in [-0.3, -0.25) is 9.69 Å². The monoisotopic (exact) mass is 344 g/mol. The Balaban J connectivity index is 1.58. The number of β-amino-alcohol motifs (C(OH)–C–C–N with tert-alkyl or cyclic N) is 1. The van der Waals surface area contributed by atoms with E-state index in [1.807, 2.05) is 39.1 Å². The van der Waals surface area contributed by atoms with Crippen LogP contribution in [-0.2, 0) is 18.4 Å². The first-order valence-electron chi connectivity index (χ1n) is 8.98. The van der Waals surface area contributed by atoms with Gasteiger partial charge in [0.2, 0.25) is 5.91 Å². The number of fused-ring (bicyclic) bond motifs is 1. The van der Waals surface area contributed by atoms with Crippen LogP contribution in [0.4, 0.5) is 0 Å². The first-order valence-corrected chi connectivity index (χ1v) is 8.98. The molecule has 3 rings (SSSR count). The zero-order chi connectivity index (χ0) is 18.0. The number of rotatable bonds is 6. The van der Waals surface area contributed by atoms with E-state index in [0.29, 0.717) is 38.4 Å². The zero-order valence-electron chi connectivity index (χ0n) is 15.3. The van der Waals surface area contributed by atoms with Gasteiger partial charge >= 0.3 is 0 Å². The largest absolute Gasteiger partial charge is 0.387 e. The Kier molecular flexibility index (Phi) is 5.11. The molecule has 0 bridgehead atoms. The first-order chi connectivity index (χ1) is 11.9. The Morgan fingerprint density at radius 1 is 1.40 bits per heavy atom. The highest BCUT2D eigenvalue weighted by molar-refractivity contribution is 5.76. The van der Waals surface area contributed by atoms with Crippen molar-refractivity contribution in [1.82, 2.24) is 19.8 Å². The fourth-order valence-electron chi connectivity index (χ4n) is 3.46. The van der Waals surface area contributed by atoms with E-state index in [4.69, 9.17) is 4.98 Å². The number of benzene rings is 1. The van der Waals surface area contributed by atoms with Crippen LogP contribution in [0, 0.1) is 5.92 Å². The van der Waals surface area contributed by atoms with E-state index in [1.165, 1.54) is 0 Å². The van der Waals surface area contributed by atoms with Crippen molar-refractivity contribution >= 4 is 16.9 Å². The van der Waals surface area contributed by atoms with E-state index in [-0.39, 0.29) is 5.91 Å². The summed E-state index contributed by atoms with van der Waals surface area (Å²) in [7, 11) is 2.03. The molecule has 0 radical (unpaired) electrons. The number of para-hydroxylation sites is 2. The second-order valence-electron chi connectivity index (χ2n) is 7.64. The molecule has 1 amide bonds. The summed E-state index contributed by atoms with van der Waals surface area (Å²) in [6, 6.07) is 8.09. The summed E-state index contributed by atoms with van der Waals surface area (Å²) in [6.45, 7) is 6.41. The van der Waals surface area contributed by atoms with Gasteiger partial charge in [-0.25, -0.2) is 4.98 Å². The third kappa shape index (κ3) is 4.19. The van der Waals surface area contributed by atoms with Crippen LogP contribution in [0.2, 0.25) is 0 Å². The lowest BCUT2D eigenvalue weighted by molar-refractivity contribution is -0.123. The number of aryl methyl sites for hydroxylation is 1. The number of carbonyl (C=O) groups is 1. The van der Waals surface area contributed by atoms with Gasteiger partial charge in [0.15, 0.2) is 0 Å². The molecule has 0 saturated carbocycles. The lowest BCUT2D eigenvalue weighted by Gasteiger charge is -2.24. The molecule has 1 fully saturated rings. The lowest BCUT2D eigenvalue weighted by atomic mass is 10.0. The first kappa shape index (κ1) is 17.9. The number of hydrogen-bond donors (Lipinski definition) is 2. The van der Waals surface area contributed by atoms with Crippen molar-refractivity contribution in [3.63, 3.8) is 0 Å². The van der Waals surface area contributed by atoms with Crippen LogP contribution in [0.25, 0.3) is 11.0 Å². The minimum atomic E-state index is -0.850. The molecule has 0 aliphatic carbocycles. The lowest BCUT2D eigenvalue weighted by Crippen LogP contribution is -2.45. The van der Waals surface area contributed by atoms with Crippen molar-refractivity contribution < 1.29 is 9.90 Å². The van der Waals surface area contributed by atoms with Gasteiger partial charge < -0.3 is 15.0 Å². The van der Waals surface area contributed by atoms with Crippen molar-refractivity contribution in [1.29, 1.82) is 0 Å². The molecule has 1 unspecified atom stereocenters. The minimum absolute atomic E-state index is 0.0113. The van der Waals surface area contributed by atoms with E-state index >= 15 is 0 Å². The highest BCUT2D eigenvalue weighted by atomic mass is 16.3. The van der Waals surface area contributed by atoms with Gasteiger partial charge in [-0.1, -0.05) is 26.0 Å². The average molecular weight is 344 g/mol. The molecule has 25 heavy (non-hydrogen) atoms. The molecule has 1 saturated heterocycles. The quantitative estimate of drug-likeness (QED) is 0.836. The highest BCUT2D eigenvalue weighted by Gasteiger charge is 2.36. The van der Waals surface area contributed by atoms with Gasteiger partial charge in [0.1, 0.15) is 5.82 Å². The van der Waals surface area contributed by atoms with Crippen LogP contribution < -0.4 is 5.32 Å². The van der Waals surface area contributed by atoms with E-state index in [1.54, 1.807) is 0 Å². The number of amides is 1. The van der Waals surface area contributed by atoms with Gasteiger partial charge in [0.25, 0.3) is 0 Å². The highest BCUT2D eigenvalue weighted by Crippen LogP contribution is 2.23. The summed E-state index contributed by atoms with van der Waals surface area (Å²) in [5.74, 6) is 1.33. The maximum Gasteiger partial charge on any atom is 0.220 e. The fourth-order valence-corrected chi connectivity index (χ4v) is 3.46. The smallest absolute Gasteiger partial charge is 0.220 e. The summed E-state index contributed by atoms with van der Waals surface area (Å²) in [6.07, 6.45) is 1.17. The van der Waals surface area contributed by atoms with Crippen molar-refractivity contribution in [2.45, 2.75) is 38.8 Å². The molecule has 1 atom stereocenters. The third-order valence-corrected chi connectivity index (χ3v) is 4.86. The zero-order valence-corrected chi connectivity index (χ0v) is 15.3. The van der Waals surface area contributed by atoms with Crippen LogP contribution in [0.5, 0.6) is 0 Å². The number of nitrogens with one attached hydrogen (secondary N) is 1. The molecule has 2 heterocycles. The van der Waals surface area contributed by atoms with E-state index in [2.05, 4.69) is 20.9 Å². The SMILES string of the molecule is CC(C)CC(=O)NCC1(O)CCN(Cc2nc3ccccc3n2C)C1. The maximum atomic E-state index is 11.8. The Morgan fingerprint density at radius 3 is 2.88 bits per heavy atom. The summed E-state index contributed by atoms with van der Waals surface area (Å²) < 4.78 is 2.11. The number of imidazole rings is 1. The molecule has 2 aromatic rings. The number of nitrogens with zero attached hydrogens (tertiary/aromatic N) is 3. The maximum absolute atomic E-state index is 11.8. The molecule has 2 N–H and O–H groups in total. The van der Waals surface area contributed by atoms with Crippen molar-refractivity contribution in [3.05, 3.63) is 30.1 Å². The average Bonchev–Trinajstić information content (AvgIpc) is 3.07. The van der Waals surface area contributed by atoms with Crippen molar-refractivity contribution in [2.24, 2.45) is 13.0 Å². The summed E-state index contributed by atoms with van der Waals surface area (Å²) in [4.78, 5) is 18.7. The van der Waals surface area contributed by atoms with Crippen LogP contribution in [0.15, 0.2) is 24.3 Å². The number of likely N-dealkylation sites (tertiary alicyclic amines) is 1. The molecule has 0 spiro atoms. The Hall–Kier alpha value is -1.92. The number of hydrogen-bond acceptors (Lipinski definition) is 4. The van der Waals surface area contributed by atoms with Crippen LogP contribution in [-0.4, -0.2) is 50.7 Å². The fraction of sp³-hybridized carbons (Fsp3) is 0.579. The number of aliphatic hydroxyl groups is 1. The van der Waals surface area contributed by atoms with Crippen molar-refractivity contribution in [2.75, 3.05) is 19.6 Å². The number of carbonyl (C=O) groups excluding carboxylic acids is 1. The molecule has 1 aromatic heterocycles. The van der Waals surface area contributed by atoms with E-state index in [9.17, 15) is 9.90 Å². The van der Waals surface area contributed by atoms with Crippen LogP contribution >= 0.6 is 0 Å². The van der Waals surface area contributed by atoms with Gasteiger partial charge in [0, 0.05) is 33.1 Å². The predicted octanol–water partition coefficient (Wildman–Crippen LogP) is 1.67. The molecule has 6 nitrogen and oxygen atoms in total. The summed E-state index contributed by atoms with van der Waals surface area (Å²) in [5, 5.41) is 13.6. The van der Waals surface area contributed by atoms with Gasteiger partial charge in [0.05, 0.1) is 23.2 Å². The second-order valence-corrected chi connectivity index (χ2v) is 7.64. The standard InChI is InChI=1S/C19H28N4O2/c1-14(2)10-18(24)20-12-19(25)8-9-23(13-19)11-17-21-15-6-4-5-7-16(15)22(17)3/h4-7,14,25H,8-13H2,1-3H3,(H,20,24). The molecule has 1 aliphatic rings. The normalized spacial score (nSPS) is 21.3. The second kappa shape index (κ2) is 7.14. The Morgan fingerprint density at radius 2 is 2.16 bits per heavy atom. The topological polar surface area (TPSA) is 70.4 Å². The van der Waals surface area contributed by atoms with E-state index < -0.39 is 5.60 Å². The molecular weight excluding hydrogens is 316 g/mol. The summed E-state index contributed by atoms with van der Waals surface area (Å²) >= 11 is 0. The Labute approximate surface area is 148 Å². The van der Waals surface area contributed by atoms with Gasteiger partial charge in [-0.05, 0) is 24.5 Å². The predicted molar refractivity (Wildman–Crippen MR) is 98.0 cm³/mol. The summed E-state index contributed by atoms with van der Waals surface area (Å²) in [5.41, 5.74) is 1.26. The molecule has 1 aromatic carbocycles. The Bertz CT molecular complexity index is 755. The van der Waals surface area contributed by atoms with Gasteiger partial charge in [-0.15, -0.1) is 0 Å². The van der Waals surface area contributed by atoms with Crippen LogP contribution in [0.1, 0.15) is 32.5 Å². The molecule has 6 heteroatoms. The molecule has 1 aliphatic heterocycles. The molecule has 136 valence electrons. The molecular formula is C19H28N4O2. The third-order valence-electron chi connectivity index (χ3n) is 4.86. The van der Waals surface area contributed by atoms with E-state index in [0.717, 1.165) is 23.4 Å². The van der Waals surface area contributed by atoms with Gasteiger partial charge in [-0.2, -0.15) is 0 Å². The minimum Gasteiger partial charge on any atom is -0.387 e. The van der Waals surface area contributed by atoms with Crippen molar-refractivity contribution in [3.8, 4) is 0 Å². The van der Waals surface area contributed by atoms with Crippen LogP contribution in [0.3, 0.4) is 0 Å².